The van der Waals surface area contributed by atoms with Crippen LogP contribution in [-0.2, 0) is 6.54 Å². The number of nitrogens with zero attached hydrogens (tertiary/aromatic N) is 1. The van der Waals surface area contributed by atoms with E-state index in [2.05, 4.69) is 10.3 Å². The molecule has 2 aromatic rings. The first kappa shape index (κ1) is 12.2. The predicted octanol–water partition coefficient (Wildman–Crippen LogP) is 4.31. The number of nitrogens with one attached hydrogen (secondary N) is 1. The number of rotatable bonds is 3. The molecule has 2 rings (SSSR count). The molecule has 0 unspecified atom stereocenters. The fourth-order valence-electron chi connectivity index (χ4n) is 1.52. The van der Waals surface area contributed by atoms with Gasteiger partial charge in [-0.3, -0.25) is 4.98 Å². The summed E-state index contributed by atoms with van der Waals surface area (Å²) in [5.41, 5.74) is 3.19. The second-order valence-electron chi connectivity index (χ2n) is 3.78. The Kier molecular flexibility index (Phi) is 3.87. The van der Waals surface area contributed by atoms with Gasteiger partial charge in [-0.1, -0.05) is 29.3 Å². The van der Waals surface area contributed by atoms with Gasteiger partial charge in [-0.2, -0.15) is 0 Å². The molecule has 0 aliphatic rings. The molecular weight excluding hydrogens is 255 g/mol. The van der Waals surface area contributed by atoms with E-state index in [1.54, 1.807) is 12.4 Å². The number of hydrogen-bond acceptors (Lipinski definition) is 2. The summed E-state index contributed by atoms with van der Waals surface area (Å²) in [6.45, 7) is 2.69. The van der Waals surface area contributed by atoms with Crippen LogP contribution in [0.2, 0.25) is 10.0 Å². The van der Waals surface area contributed by atoms with Gasteiger partial charge in [-0.15, -0.1) is 0 Å². The quantitative estimate of drug-likeness (QED) is 0.896. The van der Waals surface area contributed by atoms with Crippen LogP contribution in [0.1, 0.15) is 11.1 Å². The first-order valence-corrected chi connectivity index (χ1v) is 6.01. The third-order valence-electron chi connectivity index (χ3n) is 2.53. The molecular formula is C13H12Cl2N2. The number of aromatic nitrogens is 1. The van der Waals surface area contributed by atoms with Crippen LogP contribution in [0.25, 0.3) is 0 Å². The molecule has 0 aliphatic heterocycles. The van der Waals surface area contributed by atoms with Gasteiger partial charge in [0.2, 0.25) is 0 Å². The van der Waals surface area contributed by atoms with Gasteiger partial charge in [-0.25, -0.2) is 0 Å². The topological polar surface area (TPSA) is 24.9 Å². The molecule has 0 saturated carbocycles. The van der Waals surface area contributed by atoms with Crippen LogP contribution >= 0.6 is 23.2 Å². The number of hydrogen-bond donors (Lipinski definition) is 1. The van der Waals surface area contributed by atoms with Gasteiger partial charge in [-0.05, 0) is 36.2 Å². The number of anilines is 1. The predicted molar refractivity (Wildman–Crippen MR) is 72.8 cm³/mol. The summed E-state index contributed by atoms with van der Waals surface area (Å²) in [4.78, 5) is 3.95. The molecule has 88 valence electrons. The van der Waals surface area contributed by atoms with Crippen molar-refractivity contribution in [1.29, 1.82) is 0 Å². The Hall–Kier alpha value is -1.25. The number of aryl methyl sites for hydroxylation is 1. The van der Waals surface area contributed by atoms with Gasteiger partial charge in [0.05, 0.1) is 5.02 Å². The molecule has 0 atom stereocenters. The lowest BCUT2D eigenvalue weighted by Gasteiger charge is -2.10. The maximum atomic E-state index is 6.03. The molecule has 0 spiro atoms. The average Bonchev–Trinajstić information content (AvgIpc) is 2.32. The molecule has 0 fully saturated rings. The minimum atomic E-state index is 0.655. The van der Waals surface area contributed by atoms with E-state index in [4.69, 9.17) is 23.2 Å². The lowest BCUT2D eigenvalue weighted by molar-refractivity contribution is 1.12. The van der Waals surface area contributed by atoms with Crippen molar-refractivity contribution in [3.63, 3.8) is 0 Å². The lowest BCUT2D eigenvalue weighted by atomic mass is 10.2. The van der Waals surface area contributed by atoms with E-state index >= 15 is 0 Å². The van der Waals surface area contributed by atoms with E-state index < -0.39 is 0 Å². The minimum absolute atomic E-state index is 0.655. The zero-order chi connectivity index (χ0) is 12.3. The summed E-state index contributed by atoms with van der Waals surface area (Å²) in [7, 11) is 0. The highest BCUT2D eigenvalue weighted by molar-refractivity contribution is 6.31. The van der Waals surface area contributed by atoms with Crippen molar-refractivity contribution in [2.45, 2.75) is 13.5 Å². The average molecular weight is 267 g/mol. The maximum absolute atomic E-state index is 6.03. The van der Waals surface area contributed by atoms with Crippen LogP contribution in [-0.4, -0.2) is 4.98 Å². The molecule has 17 heavy (non-hydrogen) atoms. The Morgan fingerprint density at radius 1 is 1.24 bits per heavy atom. The molecule has 1 N–H and O–H groups in total. The van der Waals surface area contributed by atoms with Crippen molar-refractivity contribution in [2.24, 2.45) is 0 Å². The first-order chi connectivity index (χ1) is 8.16. The fraction of sp³-hybridized carbons (Fsp3) is 0.154. The van der Waals surface area contributed by atoms with Crippen molar-refractivity contribution >= 4 is 28.9 Å². The molecule has 4 heteroatoms. The smallest absolute Gasteiger partial charge is 0.0639 e. The Balaban J connectivity index is 2.12. The van der Waals surface area contributed by atoms with E-state index in [-0.39, 0.29) is 0 Å². The van der Waals surface area contributed by atoms with E-state index in [0.717, 1.165) is 21.8 Å². The Morgan fingerprint density at radius 3 is 2.82 bits per heavy atom. The SMILES string of the molecule is Cc1ccc(Cl)cc1NCc1ccncc1Cl. The van der Waals surface area contributed by atoms with E-state index in [0.29, 0.717) is 11.6 Å². The first-order valence-electron chi connectivity index (χ1n) is 5.25. The Labute approximate surface area is 111 Å². The monoisotopic (exact) mass is 266 g/mol. The highest BCUT2D eigenvalue weighted by atomic mass is 35.5. The second kappa shape index (κ2) is 5.39. The molecule has 0 amide bonds. The largest absolute Gasteiger partial charge is 0.381 e. The van der Waals surface area contributed by atoms with Gasteiger partial charge in [0.15, 0.2) is 0 Å². The second-order valence-corrected chi connectivity index (χ2v) is 4.62. The zero-order valence-electron chi connectivity index (χ0n) is 9.37. The van der Waals surface area contributed by atoms with Gasteiger partial charge in [0, 0.05) is 29.6 Å². The molecule has 0 radical (unpaired) electrons. The van der Waals surface area contributed by atoms with E-state index in [1.807, 2.05) is 31.2 Å². The third kappa shape index (κ3) is 3.11. The molecule has 2 nitrogen and oxygen atoms in total. The minimum Gasteiger partial charge on any atom is -0.381 e. The van der Waals surface area contributed by atoms with Crippen LogP contribution in [0.4, 0.5) is 5.69 Å². The van der Waals surface area contributed by atoms with Crippen LogP contribution < -0.4 is 5.32 Å². The molecule has 1 heterocycles. The fourth-order valence-corrected chi connectivity index (χ4v) is 1.88. The summed E-state index contributed by atoms with van der Waals surface area (Å²) in [5, 5.41) is 4.70. The molecule has 1 aromatic heterocycles. The molecule has 0 saturated heterocycles. The van der Waals surface area contributed by atoms with Crippen LogP contribution in [0, 0.1) is 6.92 Å². The summed E-state index contributed by atoms with van der Waals surface area (Å²) >= 11 is 12.0. The van der Waals surface area contributed by atoms with Crippen LogP contribution in [0.15, 0.2) is 36.7 Å². The lowest BCUT2D eigenvalue weighted by Crippen LogP contribution is -2.01. The zero-order valence-corrected chi connectivity index (χ0v) is 10.9. The van der Waals surface area contributed by atoms with E-state index in [9.17, 15) is 0 Å². The van der Waals surface area contributed by atoms with Gasteiger partial charge in [0.1, 0.15) is 0 Å². The number of pyridine rings is 1. The van der Waals surface area contributed by atoms with E-state index in [1.165, 1.54) is 0 Å². The van der Waals surface area contributed by atoms with Gasteiger partial charge < -0.3 is 5.32 Å². The highest BCUT2D eigenvalue weighted by Crippen LogP contribution is 2.22. The van der Waals surface area contributed by atoms with Crippen LogP contribution in [0.5, 0.6) is 0 Å². The summed E-state index contributed by atoms with van der Waals surface area (Å²) in [6.07, 6.45) is 3.37. The van der Waals surface area contributed by atoms with Gasteiger partial charge >= 0.3 is 0 Å². The third-order valence-corrected chi connectivity index (χ3v) is 3.10. The van der Waals surface area contributed by atoms with Crippen molar-refractivity contribution in [2.75, 3.05) is 5.32 Å². The highest BCUT2D eigenvalue weighted by Gasteiger charge is 2.02. The summed E-state index contributed by atoms with van der Waals surface area (Å²) in [5.74, 6) is 0. The number of benzene rings is 1. The molecule has 0 bridgehead atoms. The molecule has 0 aliphatic carbocycles. The maximum Gasteiger partial charge on any atom is 0.0639 e. The van der Waals surface area contributed by atoms with Crippen molar-refractivity contribution in [3.05, 3.63) is 57.8 Å². The Bertz CT molecular complexity index is 527. The normalized spacial score (nSPS) is 10.3. The van der Waals surface area contributed by atoms with Crippen molar-refractivity contribution < 1.29 is 0 Å². The van der Waals surface area contributed by atoms with Crippen molar-refractivity contribution in [1.82, 2.24) is 4.98 Å². The summed E-state index contributed by atoms with van der Waals surface area (Å²) < 4.78 is 0. The number of halogens is 2. The van der Waals surface area contributed by atoms with Crippen molar-refractivity contribution in [3.8, 4) is 0 Å². The molecule has 1 aromatic carbocycles. The van der Waals surface area contributed by atoms with Gasteiger partial charge in [0.25, 0.3) is 0 Å². The Morgan fingerprint density at radius 2 is 2.06 bits per heavy atom. The summed E-state index contributed by atoms with van der Waals surface area (Å²) in [6, 6.07) is 7.67. The van der Waals surface area contributed by atoms with Crippen LogP contribution in [0.3, 0.4) is 0 Å². The standard InChI is InChI=1S/C13H12Cl2N2/c1-9-2-3-11(14)6-13(9)17-7-10-4-5-16-8-12(10)15/h2-6,8,17H,7H2,1H3.